The molecule has 85 heavy (non-hydrogen) atoms. The molecule has 14 atom stereocenters. The van der Waals surface area contributed by atoms with Gasteiger partial charge in [-0.25, -0.2) is 15.0 Å². The molecule has 6 bridgehead atoms. The number of aromatic nitrogens is 3. The fourth-order valence-corrected chi connectivity index (χ4v) is 10.8. The Kier molecular flexibility index (Phi) is 28.8. The van der Waals surface area contributed by atoms with E-state index in [2.05, 4.69) is 25.6 Å². The van der Waals surface area contributed by atoms with E-state index >= 15 is 0 Å². The van der Waals surface area contributed by atoms with Gasteiger partial charge in [0.25, 0.3) is 0 Å². The number of ether oxygens (including phenoxy) is 5. The first kappa shape index (κ1) is 70.4. The topological polar surface area (TPSA) is 392 Å². The van der Waals surface area contributed by atoms with E-state index in [-0.39, 0.29) is 90.7 Å². The van der Waals surface area contributed by atoms with E-state index in [0.717, 1.165) is 11.8 Å². The molecule has 4 heterocycles. The molecule has 7 N–H and O–H groups in total. The third-order valence-corrected chi connectivity index (χ3v) is 16.0. The number of carboxylic acid groups (broad SMARTS) is 2. The van der Waals surface area contributed by atoms with Crippen molar-refractivity contribution in [2.24, 2.45) is 35.3 Å². The first-order valence-corrected chi connectivity index (χ1v) is 28.8. The maximum Gasteiger partial charge on any atom is 0.322 e. The first-order chi connectivity index (χ1) is 40.3. The Morgan fingerprint density at radius 1 is 0.929 bits per heavy atom. The summed E-state index contributed by atoms with van der Waals surface area (Å²) < 4.78 is 46.8. The molecule has 1 aliphatic rings. The highest BCUT2D eigenvalue weighted by atomic mass is 32.2. The van der Waals surface area contributed by atoms with Crippen LogP contribution >= 0.6 is 11.8 Å². The molecule has 3 amide bonds. The second kappa shape index (κ2) is 34.7. The molecule has 3 aromatic heterocycles. The number of Topliss-reactive ketones (excluding diaryl/α,β-unsaturated/α-hetero) is 2. The summed E-state index contributed by atoms with van der Waals surface area (Å²) in [6.07, 6.45) is 4.52. The van der Waals surface area contributed by atoms with Gasteiger partial charge >= 0.3 is 23.9 Å². The van der Waals surface area contributed by atoms with E-state index in [0.29, 0.717) is 12.8 Å². The number of ketones is 2. The number of carbonyl (C=O) groups is 9. The zero-order valence-corrected chi connectivity index (χ0v) is 50.4. The van der Waals surface area contributed by atoms with Gasteiger partial charge in [-0.3, -0.25) is 43.2 Å². The average molecular weight is 1220 g/mol. The molecule has 3 aromatic rings. The van der Waals surface area contributed by atoms with Crippen molar-refractivity contribution >= 4 is 71.5 Å². The highest BCUT2D eigenvalue weighted by Crippen LogP contribution is 2.34. The molecule has 470 valence electrons. The lowest BCUT2D eigenvalue weighted by atomic mass is 9.84. The molecule has 0 saturated carbocycles. The van der Waals surface area contributed by atoms with Crippen LogP contribution in [-0.4, -0.2) is 177 Å². The Bertz CT molecular complexity index is 2760. The number of esters is 2. The van der Waals surface area contributed by atoms with Crippen molar-refractivity contribution in [3.8, 4) is 23.2 Å². The van der Waals surface area contributed by atoms with Crippen LogP contribution in [0, 0.1) is 29.6 Å². The van der Waals surface area contributed by atoms with Crippen LogP contribution < -0.4 is 16.4 Å². The van der Waals surface area contributed by atoms with Crippen molar-refractivity contribution in [3.05, 3.63) is 48.7 Å². The van der Waals surface area contributed by atoms with Gasteiger partial charge in [0.15, 0.2) is 11.4 Å². The SMILES string of the molecule is COC(CC1OC(=O)CC(O)CC(SCC(NC(=O)CC[C@H](N)C(=O)O)C(=O)NCC(=O)O)CC(=O)C(C)C(OC)c2coc(n2)-c2coc(n2)-c2coc(n2)/C=C/CC(OC)C1C)C(C)CCC(=O)C(C)C(OC(C)=O)C(C)/C=C/N(C)C=O. The van der Waals surface area contributed by atoms with Gasteiger partial charge in [0.1, 0.15) is 73.0 Å². The van der Waals surface area contributed by atoms with E-state index < -0.39 is 138 Å². The summed E-state index contributed by atoms with van der Waals surface area (Å²) in [4.78, 5) is 130. The van der Waals surface area contributed by atoms with E-state index in [4.69, 9.17) is 42.7 Å². The van der Waals surface area contributed by atoms with Gasteiger partial charge in [-0.1, -0.05) is 46.8 Å². The number of carboxylic acids is 2. The molecule has 13 unspecified atom stereocenters. The number of oxazole rings is 3. The number of hydrogen-bond donors (Lipinski definition) is 6. The summed E-state index contributed by atoms with van der Waals surface area (Å²) in [5, 5.41) is 34.1. The van der Waals surface area contributed by atoms with Gasteiger partial charge in [0.2, 0.25) is 35.9 Å². The second-order valence-corrected chi connectivity index (χ2v) is 22.5. The number of carbonyl (C=O) groups excluding carboxylic acids is 7. The van der Waals surface area contributed by atoms with Crippen LogP contribution in [-0.2, 0) is 66.8 Å². The number of nitrogens with two attached hydrogens (primary N) is 1. The fourth-order valence-electron chi connectivity index (χ4n) is 9.50. The molecule has 28 heteroatoms. The maximum absolute atomic E-state index is 14.4. The number of cyclic esters (lactones) is 1. The Labute approximate surface area is 496 Å². The summed E-state index contributed by atoms with van der Waals surface area (Å²) >= 11 is 0.968. The van der Waals surface area contributed by atoms with E-state index in [1.807, 2.05) is 13.8 Å². The van der Waals surface area contributed by atoms with Crippen LogP contribution in [0.2, 0.25) is 0 Å². The number of methoxy groups -OCH3 is 3. The lowest BCUT2D eigenvalue weighted by molar-refractivity contribution is -0.160. The molecule has 27 nitrogen and oxygen atoms in total. The maximum atomic E-state index is 14.4. The molecule has 0 saturated heterocycles. The monoisotopic (exact) mass is 1220 g/mol. The molecule has 0 aromatic carbocycles. The molecular weight excluding hydrogens is 1130 g/mol. The first-order valence-electron chi connectivity index (χ1n) is 27.8. The number of amides is 3. The lowest BCUT2D eigenvalue weighted by Crippen LogP contribution is -2.49. The number of thioether (sulfide) groups is 1. The highest BCUT2D eigenvalue weighted by Gasteiger charge is 2.37. The highest BCUT2D eigenvalue weighted by molar-refractivity contribution is 8.00. The van der Waals surface area contributed by atoms with E-state index in [1.54, 1.807) is 46.0 Å². The number of aliphatic hydroxyl groups excluding tert-OH is 1. The van der Waals surface area contributed by atoms with Crippen LogP contribution in [0.25, 0.3) is 29.2 Å². The number of aliphatic hydroxyl groups is 1. The predicted molar refractivity (Wildman–Crippen MR) is 304 cm³/mol. The van der Waals surface area contributed by atoms with Crippen molar-refractivity contribution in [1.29, 1.82) is 0 Å². The Morgan fingerprint density at radius 2 is 1.61 bits per heavy atom. The third kappa shape index (κ3) is 22.4. The van der Waals surface area contributed by atoms with Crippen molar-refractivity contribution in [2.45, 2.75) is 153 Å². The van der Waals surface area contributed by atoms with Gasteiger partial charge in [-0.15, -0.1) is 0 Å². The molecule has 0 aliphatic carbocycles. The zero-order valence-electron chi connectivity index (χ0n) is 49.5. The third-order valence-electron chi connectivity index (χ3n) is 14.7. The van der Waals surface area contributed by atoms with Crippen molar-refractivity contribution in [3.63, 3.8) is 0 Å². The number of rotatable bonds is 27. The standard InChI is InChI=1S/C57H81N7O20S/c1-30(14-16-43(68)32(3)52(83-35(6)66)31(2)18-19-64(7)29-65)46(78-9)23-47-34(5)45(77-8)12-11-13-49-61-40(26-80-49)55-63-41(27-82-55)56-62-39(25-81-56)53(79-10)33(4)44(69)22-37(20-36(67)21-51(73)84-47)85-28-42(54(74)59-24-50(71)72)60-48(70)17-15-38(58)57(75)76/h11,13,18-19,25-27,29-34,36-38,42,45-47,52-53,67H,12,14-17,20-24,28,58H2,1-10H3,(H,59,74)(H,60,70)(H,71,72)(H,75,76)/b13-11+,19-18+/t30?,31?,32?,33?,34?,36?,37?,38-,42?,45?,46?,47?,52?,53?/m0/s1. The smallest absolute Gasteiger partial charge is 0.322 e. The number of aliphatic carboxylic acids is 2. The quantitative estimate of drug-likeness (QED) is 0.0450. The fraction of sp³-hybridized carbons (Fsp3) is 0.614. The minimum atomic E-state index is -1.48. The average Bonchev–Trinajstić information content (AvgIpc) is 3.93. The Balaban J connectivity index is 1.70. The lowest BCUT2D eigenvalue weighted by Gasteiger charge is -2.34. The number of nitrogens with zero attached hydrogens (tertiary/aromatic N) is 4. The number of fused-ring (bicyclic) bond motifs is 8. The Morgan fingerprint density at radius 3 is 2.26 bits per heavy atom. The molecule has 0 radical (unpaired) electrons. The van der Waals surface area contributed by atoms with Crippen LogP contribution in [0.5, 0.6) is 0 Å². The molecule has 1 aliphatic heterocycles. The van der Waals surface area contributed by atoms with Gasteiger partial charge in [-0.05, 0) is 37.7 Å². The van der Waals surface area contributed by atoms with Crippen LogP contribution in [0.3, 0.4) is 0 Å². The van der Waals surface area contributed by atoms with E-state index in [1.165, 1.54) is 58.1 Å². The summed E-state index contributed by atoms with van der Waals surface area (Å²) in [5.74, 6) is -9.42. The summed E-state index contributed by atoms with van der Waals surface area (Å²) in [5.41, 5.74) is 6.24. The second-order valence-electron chi connectivity index (χ2n) is 21.2. The molecule has 4 rings (SSSR count). The number of nitrogens with one attached hydrogen (secondary N) is 2. The summed E-state index contributed by atoms with van der Waals surface area (Å²) in [6.45, 7) is 9.17. The largest absolute Gasteiger partial charge is 0.480 e. The van der Waals surface area contributed by atoms with Gasteiger partial charge < -0.3 is 73.5 Å². The zero-order chi connectivity index (χ0) is 63.1. The van der Waals surface area contributed by atoms with E-state index in [9.17, 15) is 58.5 Å². The van der Waals surface area contributed by atoms with Gasteiger partial charge in [-0.2, -0.15) is 11.8 Å². The predicted octanol–water partition coefficient (Wildman–Crippen LogP) is 4.56. The molecular formula is C57H81N7O20S. The minimum Gasteiger partial charge on any atom is -0.480 e. The van der Waals surface area contributed by atoms with Crippen LogP contribution in [0.1, 0.15) is 117 Å². The normalized spacial score (nSPS) is 22.8. The Hall–Kier alpha value is -7.11. The van der Waals surface area contributed by atoms with Crippen molar-refractivity contribution < 1.29 is 95.4 Å². The molecule has 0 fully saturated rings. The van der Waals surface area contributed by atoms with Crippen molar-refractivity contribution in [1.82, 2.24) is 30.5 Å². The summed E-state index contributed by atoms with van der Waals surface area (Å²) in [6, 6.07) is -2.82. The number of hydrogen-bond acceptors (Lipinski definition) is 23. The summed E-state index contributed by atoms with van der Waals surface area (Å²) in [7, 11) is 5.89. The minimum absolute atomic E-state index is 0.0279. The van der Waals surface area contributed by atoms with Crippen molar-refractivity contribution in [2.75, 3.05) is 40.7 Å². The van der Waals surface area contributed by atoms with Gasteiger partial charge in [0.05, 0.1) is 30.7 Å². The van der Waals surface area contributed by atoms with Crippen LogP contribution in [0.4, 0.5) is 0 Å². The van der Waals surface area contributed by atoms with Gasteiger partial charge in [0, 0.05) is 95.9 Å². The van der Waals surface area contributed by atoms with Crippen LogP contribution in [0.15, 0.2) is 50.4 Å². The molecule has 0 spiro atoms.